The third-order valence-electron chi connectivity index (χ3n) is 3.30. The van der Waals surface area contributed by atoms with Crippen LogP contribution < -0.4 is 10.0 Å². The SMILES string of the molecule is CSc1cccc(NS(=O)(=O)c2nnc(NC(=O)c3ccccc3Cl)s2)c1. The zero-order valence-corrected chi connectivity index (χ0v) is 17.0. The zero-order chi connectivity index (χ0) is 19.4. The lowest BCUT2D eigenvalue weighted by Gasteiger charge is -2.06. The molecule has 0 bridgehead atoms. The Morgan fingerprint density at radius 1 is 1.15 bits per heavy atom. The molecule has 0 spiro atoms. The number of aromatic nitrogens is 2. The first kappa shape index (κ1) is 19.6. The molecule has 0 atom stereocenters. The summed E-state index contributed by atoms with van der Waals surface area (Å²) in [6, 6.07) is 13.5. The van der Waals surface area contributed by atoms with Crippen LogP contribution >= 0.6 is 34.7 Å². The van der Waals surface area contributed by atoms with Crippen molar-refractivity contribution in [2.24, 2.45) is 0 Å². The Morgan fingerprint density at radius 3 is 2.67 bits per heavy atom. The molecule has 11 heteroatoms. The van der Waals surface area contributed by atoms with E-state index in [4.69, 9.17) is 11.6 Å². The maximum absolute atomic E-state index is 12.5. The molecule has 0 aliphatic heterocycles. The molecule has 3 aromatic rings. The summed E-state index contributed by atoms with van der Waals surface area (Å²) in [4.78, 5) is 13.1. The van der Waals surface area contributed by atoms with Gasteiger partial charge in [-0.3, -0.25) is 14.8 Å². The normalized spacial score (nSPS) is 11.2. The molecule has 0 aliphatic rings. The van der Waals surface area contributed by atoms with Crippen molar-refractivity contribution in [3.63, 3.8) is 0 Å². The molecule has 1 amide bonds. The topological polar surface area (TPSA) is 101 Å². The van der Waals surface area contributed by atoms with Gasteiger partial charge in [-0.2, -0.15) is 8.42 Å². The number of carbonyl (C=O) groups is 1. The van der Waals surface area contributed by atoms with E-state index in [0.717, 1.165) is 16.2 Å². The van der Waals surface area contributed by atoms with Crippen LogP contribution in [0.5, 0.6) is 0 Å². The van der Waals surface area contributed by atoms with Gasteiger partial charge in [0.1, 0.15) is 0 Å². The van der Waals surface area contributed by atoms with E-state index in [1.54, 1.807) is 42.5 Å². The van der Waals surface area contributed by atoms with Gasteiger partial charge in [0.15, 0.2) is 0 Å². The van der Waals surface area contributed by atoms with E-state index in [0.29, 0.717) is 5.69 Å². The molecule has 1 heterocycles. The number of nitrogens with one attached hydrogen (secondary N) is 2. The lowest BCUT2D eigenvalue weighted by Crippen LogP contribution is -2.12. The second-order valence-corrected chi connectivity index (χ2v) is 9.27. The fraction of sp³-hybridized carbons (Fsp3) is 0.0625. The summed E-state index contributed by atoms with van der Waals surface area (Å²) in [6.45, 7) is 0. The van der Waals surface area contributed by atoms with E-state index in [1.807, 2.05) is 12.3 Å². The van der Waals surface area contributed by atoms with Gasteiger partial charge >= 0.3 is 0 Å². The number of benzene rings is 2. The molecule has 0 saturated carbocycles. The second kappa shape index (κ2) is 8.26. The highest BCUT2D eigenvalue weighted by molar-refractivity contribution is 7.98. The number of nitrogens with zero attached hydrogens (tertiary/aromatic N) is 2. The van der Waals surface area contributed by atoms with Gasteiger partial charge in [0.05, 0.1) is 16.3 Å². The van der Waals surface area contributed by atoms with Gasteiger partial charge in [-0.05, 0) is 36.6 Å². The number of thioether (sulfide) groups is 1. The van der Waals surface area contributed by atoms with Gasteiger partial charge in [0.25, 0.3) is 20.3 Å². The van der Waals surface area contributed by atoms with Gasteiger partial charge < -0.3 is 0 Å². The number of hydrogen-bond acceptors (Lipinski definition) is 7. The minimum Gasteiger partial charge on any atom is -0.296 e. The summed E-state index contributed by atoms with van der Waals surface area (Å²) in [5, 5.41) is 10.2. The van der Waals surface area contributed by atoms with E-state index in [-0.39, 0.29) is 20.1 Å². The van der Waals surface area contributed by atoms with Crippen LogP contribution in [0.4, 0.5) is 10.8 Å². The number of carbonyl (C=O) groups excluding carboxylic acids is 1. The summed E-state index contributed by atoms with van der Waals surface area (Å²) in [5.41, 5.74) is 0.671. The maximum Gasteiger partial charge on any atom is 0.291 e. The Hall–Kier alpha value is -2.14. The van der Waals surface area contributed by atoms with E-state index in [2.05, 4.69) is 20.2 Å². The predicted molar refractivity (Wildman–Crippen MR) is 108 cm³/mol. The third kappa shape index (κ3) is 4.78. The molecular formula is C16H13ClN4O3S3. The van der Waals surface area contributed by atoms with Crippen LogP contribution in [0.3, 0.4) is 0 Å². The van der Waals surface area contributed by atoms with Crippen molar-refractivity contribution in [1.29, 1.82) is 0 Å². The maximum atomic E-state index is 12.5. The highest BCUT2D eigenvalue weighted by Gasteiger charge is 2.22. The van der Waals surface area contributed by atoms with Crippen molar-refractivity contribution in [1.82, 2.24) is 10.2 Å². The Kier molecular flexibility index (Phi) is 6.00. The first-order valence-corrected chi connectivity index (χ1v) is 11.4. The Labute approximate surface area is 169 Å². The van der Waals surface area contributed by atoms with Gasteiger partial charge in [-0.15, -0.1) is 22.0 Å². The molecule has 0 unspecified atom stereocenters. The molecule has 27 heavy (non-hydrogen) atoms. The average Bonchev–Trinajstić information content (AvgIpc) is 3.11. The smallest absolute Gasteiger partial charge is 0.291 e. The van der Waals surface area contributed by atoms with Crippen LogP contribution in [-0.4, -0.2) is 30.8 Å². The van der Waals surface area contributed by atoms with Crippen LogP contribution in [0.15, 0.2) is 57.8 Å². The van der Waals surface area contributed by atoms with Crippen LogP contribution in [0.1, 0.15) is 10.4 Å². The largest absolute Gasteiger partial charge is 0.296 e. The first-order chi connectivity index (χ1) is 12.9. The molecule has 0 aliphatic carbocycles. The molecule has 2 aromatic carbocycles. The summed E-state index contributed by atoms with van der Waals surface area (Å²) in [7, 11) is -3.92. The summed E-state index contributed by atoms with van der Waals surface area (Å²) in [5.74, 6) is -0.499. The van der Waals surface area contributed by atoms with Crippen molar-refractivity contribution in [2.45, 2.75) is 9.24 Å². The lowest BCUT2D eigenvalue weighted by molar-refractivity contribution is 0.102. The van der Waals surface area contributed by atoms with Crippen molar-refractivity contribution in [3.8, 4) is 0 Å². The van der Waals surface area contributed by atoms with Crippen LogP contribution in [0, 0.1) is 0 Å². The van der Waals surface area contributed by atoms with Crippen molar-refractivity contribution < 1.29 is 13.2 Å². The minimum atomic E-state index is -3.92. The monoisotopic (exact) mass is 440 g/mol. The highest BCUT2D eigenvalue weighted by Crippen LogP contribution is 2.25. The van der Waals surface area contributed by atoms with E-state index in [1.165, 1.54) is 11.8 Å². The average molecular weight is 441 g/mol. The number of halogens is 1. The Morgan fingerprint density at radius 2 is 1.93 bits per heavy atom. The molecule has 0 radical (unpaired) electrons. The fourth-order valence-electron chi connectivity index (χ4n) is 2.06. The van der Waals surface area contributed by atoms with Gasteiger partial charge in [-0.1, -0.05) is 41.1 Å². The summed E-state index contributed by atoms with van der Waals surface area (Å²) >= 11 is 8.22. The number of sulfonamides is 1. The molecule has 3 rings (SSSR count). The zero-order valence-electron chi connectivity index (χ0n) is 13.8. The highest BCUT2D eigenvalue weighted by atomic mass is 35.5. The molecule has 0 saturated heterocycles. The summed E-state index contributed by atoms with van der Waals surface area (Å²) in [6.07, 6.45) is 1.90. The lowest BCUT2D eigenvalue weighted by atomic mass is 10.2. The van der Waals surface area contributed by atoms with E-state index in [9.17, 15) is 13.2 Å². The first-order valence-electron chi connectivity index (χ1n) is 7.45. The van der Waals surface area contributed by atoms with Crippen molar-refractivity contribution >= 4 is 61.4 Å². The van der Waals surface area contributed by atoms with E-state index >= 15 is 0 Å². The third-order valence-corrected chi connectivity index (χ3v) is 6.94. The van der Waals surface area contributed by atoms with Crippen molar-refractivity contribution in [3.05, 3.63) is 59.1 Å². The van der Waals surface area contributed by atoms with Gasteiger partial charge in [0, 0.05) is 4.90 Å². The number of rotatable bonds is 6. The molecule has 7 nitrogen and oxygen atoms in total. The van der Waals surface area contributed by atoms with Crippen LogP contribution in [0.25, 0.3) is 0 Å². The van der Waals surface area contributed by atoms with Gasteiger partial charge in [0.2, 0.25) is 5.13 Å². The molecular weight excluding hydrogens is 428 g/mol. The predicted octanol–water partition coefficient (Wildman–Crippen LogP) is 3.97. The Balaban J connectivity index is 1.76. The van der Waals surface area contributed by atoms with Crippen LogP contribution in [0.2, 0.25) is 5.02 Å². The molecule has 2 N–H and O–H groups in total. The molecule has 140 valence electrons. The molecule has 0 fully saturated rings. The quantitative estimate of drug-likeness (QED) is 0.444. The number of hydrogen-bond donors (Lipinski definition) is 2. The number of amides is 1. The standard InChI is InChI=1S/C16H13ClN4O3S3/c1-25-11-6-4-5-10(9-11)21-27(23,24)16-20-19-15(26-16)18-14(22)12-7-2-3-8-13(12)17/h2-9,21H,1H3,(H,18,19,22). The Bertz CT molecular complexity index is 1090. The second-order valence-electron chi connectivity index (χ2n) is 5.14. The number of anilines is 2. The van der Waals surface area contributed by atoms with E-state index < -0.39 is 15.9 Å². The van der Waals surface area contributed by atoms with Crippen LogP contribution in [-0.2, 0) is 10.0 Å². The van der Waals surface area contributed by atoms with Gasteiger partial charge in [-0.25, -0.2) is 0 Å². The minimum absolute atomic E-state index is 0.0539. The molecule has 1 aromatic heterocycles. The van der Waals surface area contributed by atoms with Crippen molar-refractivity contribution in [2.75, 3.05) is 16.3 Å². The fourth-order valence-corrected chi connectivity index (χ4v) is 4.69. The summed E-state index contributed by atoms with van der Waals surface area (Å²) < 4.78 is 27.2.